The number of aliphatic imine (C=N–C) groups is 1. The predicted molar refractivity (Wildman–Crippen MR) is 53.4 cm³/mol. The molecule has 0 saturated heterocycles. The molecule has 0 amide bonds. The van der Waals surface area contributed by atoms with Crippen molar-refractivity contribution in [2.75, 3.05) is 0 Å². The van der Waals surface area contributed by atoms with Gasteiger partial charge in [0.15, 0.2) is 0 Å². The Morgan fingerprint density at radius 1 is 1.19 bits per heavy atom. The molecule has 0 aliphatic rings. The molecule has 5 nitrogen and oxygen atoms in total. The number of nitrogens with zero attached hydrogens (tertiary/aromatic N) is 1. The van der Waals surface area contributed by atoms with E-state index in [1.807, 2.05) is 0 Å². The molecule has 0 saturated carbocycles. The highest BCUT2D eigenvalue weighted by molar-refractivity contribution is 6.39. The molecular weight excluding hydrogens is 217 g/mol. The monoisotopic (exact) mass is 225 g/mol. The van der Waals surface area contributed by atoms with Gasteiger partial charge in [-0.1, -0.05) is 0 Å². The average molecular weight is 225 g/mol. The van der Waals surface area contributed by atoms with Gasteiger partial charge in [-0.2, -0.15) is 0 Å². The van der Waals surface area contributed by atoms with Gasteiger partial charge in [0.25, 0.3) is 0 Å². The largest absolute Gasteiger partial charge is 0.481 e. The lowest BCUT2D eigenvalue weighted by Crippen LogP contribution is -2.16. The normalized spacial score (nSPS) is 11.2. The van der Waals surface area contributed by atoms with Crippen LogP contribution in [0.3, 0.4) is 0 Å². The zero-order valence-electron chi connectivity index (χ0n) is 8.05. The Morgan fingerprint density at radius 3 is 2.19 bits per heavy atom. The standard InChI is InChI=1S/C10H8FNO4/c11-6-1-3-7(4-2-6)12-8(10(15)16)5-9(13)14/h1-4H,5H2,(H,13,14)(H,15,16). The summed E-state index contributed by atoms with van der Waals surface area (Å²) in [6.45, 7) is 0. The summed E-state index contributed by atoms with van der Waals surface area (Å²) < 4.78 is 12.5. The van der Waals surface area contributed by atoms with Crippen LogP contribution in [0.25, 0.3) is 0 Å². The number of rotatable bonds is 4. The third-order valence-electron chi connectivity index (χ3n) is 1.66. The molecule has 6 heteroatoms. The van der Waals surface area contributed by atoms with E-state index in [2.05, 4.69) is 4.99 Å². The van der Waals surface area contributed by atoms with Crippen LogP contribution < -0.4 is 0 Å². The van der Waals surface area contributed by atoms with Gasteiger partial charge in [0.1, 0.15) is 11.5 Å². The molecule has 1 aromatic rings. The van der Waals surface area contributed by atoms with Crippen LogP contribution in [0.2, 0.25) is 0 Å². The molecule has 2 N–H and O–H groups in total. The summed E-state index contributed by atoms with van der Waals surface area (Å²) in [5.74, 6) is -3.18. The van der Waals surface area contributed by atoms with Gasteiger partial charge in [-0.25, -0.2) is 14.2 Å². The lowest BCUT2D eigenvalue weighted by molar-refractivity contribution is -0.137. The number of hydrogen-bond acceptors (Lipinski definition) is 3. The zero-order chi connectivity index (χ0) is 12.1. The fourth-order valence-corrected chi connectivity index (χ4v) is 0.978. The minimum Gasteiger partial charge on any atom is -0.481 e. The Morgan fingerprint density at radius 2 is 1.75 bits per heavy atom. The first kappa shape index (κ1) is 11.8. The summed E-state index contributed by atoms with van der Waals surface area (Å²) in [6.07, 6.45) is -0.688. The number of carbonyl (C=O) groups is 2. The van der Waals surface area contributed by atoms with Gasteiger partial charge < -0.3 is 10.2 Å². The van der Waals surface area contributed by atoms with Gasteiger partial charge in [-0.3, -0.25) is 4.79 Å². The van der Waals surface area contributed by atoms with Gasteiger partial charge in [0, 0.05) is 0 Å². The summed E-state index contributed by atoms with van der Waals surface area (Å²) in [5, 5.41) is 17.1. The van der Waals surface area contributed by atoms with Crippen LogP contribution in [0.4, 0.5) is 10.1 Å². The van der Waals surface area contributed by atoms with Gasteiger partial charge in [-0.05, 0) is 24.3 Å². The van der Waals surface area contributed by atoms with E-state index in [4.69, 9.17) is 10.2 Å². The van der Waals surface area contributed by atoms with E-state index >= 15 is 0 Å². The van der Waals surface area contributed by atoms with E-state index in [1.165, 1.54) is 12.1 Å². The molecule has 16 heavy (non-hydrogen) atoms. The minimum absolute atomic E-state index is 0.194. The average Bonchev–Trinajstić information content (AvgIpc) is 2.19. The van der Waals surface area contributed by atoms with Crippen LogP contribution in [0.5, 0.6) is 0 Å². The van der Waals surface area contributed by atoms with Crippen LogP contribution in [0.15, 0.2) is 29.3 Å². The fourth-order valence-electron chi connectivity index (χ4n) is 0.978. The fraction of sp³-hybridized carbons (Fsp3) is 0.100. The Bertz CT molecular complexity index is 439. The van der Waals surface area contributed by atoms with Crippen molar-refractivity contribution in [3.63, 3.8) is 0 Å². The summed E-state index contributed by atoms with van der Waals surface area (Å²) >= 11 is 0. The van der Waals surface area contributed by atoms with E-state index in [1.54, 1.807) is 0 Å². The Kier molecular flexibility index (Phi) is 3.71. The van der Waals surface area contributed by atoms with Gasteiger partial charge in [-0.15, -0.1) is 0 Å². The van der Waals surface area contributed by atoms with E-state index in [9.17, 15) is 14.0 Å². The van der Waals surface area contributed by atoms with E-state index in [0.29, 0.717) is 0 Å². The summed E-state index contributed by atoms with van der Waals surface area (Å²) in [6, 6.07) is 4.75. The number of aliphatic carboxylic acids is 2. The van der Waals surface area contributed by atoms with Crippen LogP contribution >= 0.6 is 0 Å². The van der Waals surface area contributed by atoms with Crippen LogP contribution in [-0.4, -0.2) is 27.9 Å². The molecule has 0 bridgehead atoms. The Labute approximate surface area is 89.9 Å². The summed E-state index contributed by atoms with van der Waals surface area (Å²) in [7, 11) is 0. The maximum absolute atomic E-state index is 12.5. The number of benzene rings is 1. The minimum atomic E-state index is -1.41. The first-order valence-corrected chi connectivity index (χ1v) is 4.27. The molecule has 0 unspecified atom stereocenters. The second-order valence-corrected chi connectivity index (χ2v) is 2.91. The van der Waals surface area contributed by atoms with Crippen molar-refractivity contribution in [2.24, 2.45) is 4.99 Å². The number of carboxylic acid groups (broad SMARTS) is 2. The highest BCUT2D eigenvalue weighted by Gasteiger charge is 2.13. The summed E-state index contributed by atoms with van der Waals surface area (Å²) in [4.78, 5) is 24.6. The second kappa shape index (κ2) is 5.01. The molecule has 0 spiro atoms. The molecule has 0 aliphatic heterocycles. The number of hydrogen-bond donors (Lipinski definition) is 2. The molecule has 0 aliphatic carbocycles. The third-order valence-corrected chi connectivity index (χ3v) is 1.66. The van der Waals surface area contributed by atoms with Crippen molar-refractivity contribution in [2.45, 2.75) is 6.42 Å². The van der Waals surface area contributed by atoms with Crippen molar-refractivity contribution in [1.82, 2.24) is 0 Å². The quantitative estimate of drug-likeness (QED) is 0.759. The van der Waals surface area contributed by atoms with Crippen molar-refractivity contribution >= 4 is 23.3 Å². The van der Waals surface area contributed by atoms with Crippen LogP contribution in [0, 0.1) is 5.82 Å². The first-order valence-electron chi connectivity index (χ1n) is 4.27. The number of carboxylic acids is 2. The van der Waals surface area contributed by atoms with Crippen LogP contribution in [-0.2, 0) is 9.59 Å². The van der Waals surface area contributed by atoms with Gasteiger partial charge >= 0.3 is 11.9 Å². The predicted octanol–water partition coefficient (Wildman–Crippen LogP) is 1.46. The second-order valence-electron chi connectivity index (χ2n) is 2.91. The molecule has 1 aromatic carbocycles. The SMILES string of the molecule is O=C(O)CC(=Nc1ccc(F)cc1)C(=O)O. The Balaban J connectivity index is 2.97. The lowest BCUT2D eigenvalue weighted by atomic mass is 10.2. The zero-order valence-corrected chi connectivity index (χ0v) is 8.05. The lowest BCUT2D eigenvalue weighted by Gasteiger charge is -1.98. The molecule has 0 atom stereocenters. The molecule has 0 radical (unpaired) electrons. The van der Waals surface area contributed by atoms with E-state index < -0.39 is 29.9 Å². The van der Waals surface area contributed by atoms with Gasteiger partial charge in [0.2, 0.25) is 0 Å². The molecule has 84 valence electrons. The van der Waals surface area contributed by atoms with Crippen molar-refractivity contribution in [3.8, 4) is 0 Å². The summed E-state index contributed by atoms with van der Waals surface area (Å²) in [5.41, 5.74) is -0.306. The molecule has 1 rings (SSSR count). The highest BCUT2D eigenvalue weighted by Crippen LogP contribution is 2.13. The molecule has 0 heterocycles. The molecule has 0 aromatic heterocycles. The number of halogens is 1. The maximum Gasteiger partial charge on any atom is 0.350 e. The third kappa shape index (κ3) is 3.49. The molecular formula is C10H8FNO4. The van der Waals surface area contributed by atoms with E-state index in [0.717, 1.165) is 12.1 Å². The van der Waals surface area contributed by atoms with Crippen molar-refractivity contribution < 1.29 is 24.2 Å². The van der Waals surface area contributed by atoms with Gasteiger partial charge in [0.05, 0.1) is 12.1 Å². The topological polar surface area (TPSA) is 87.0 Å². The molecule has 0 fully saturated rings. The highest BCUT2D eigenvalue weighted by atomic mass is 19.1. The Hall–Kier alpha value is -2.24. The maximum atomic E-state index is 12.5. The van der Waals surface area contributed by atoms with Crippen molar-refractivity contribution in [1.29, 1.82) is 0 Å². The van der Waals surface area contributed by atoms with Crippen molar-refractivity contribution in [3.05, 3.63) is 30.1 Å². The van der Waals surface area contributed by atoms with E-state index in [-0.39, 0.29) is 5.69 Å². The smallest absolute Gasteiger partial charge is 0.350 e. The first-order chi connectivity index (χ1) is 7.49. The van der Waals surface area contributed by atoms with Crippen LogP contribution in [0.1, 0.15) is 6.42 Å².